The van der Waals surface area contributed by atoms with Gasteiger partial charge >= 0.3 is 12.1 Å². The zero-order chi connectivity index (χ0) is 39.8. The Bertz CT molecular complexity index is 1350. The monoisotopic (exact) mass is 765 g/mol. The summed E-state index contributed by atoms with van der Waals surface area (Å²) in [5.41, 5.74) is 5.68. The van der Waals surface area contributed by atoms with Crippen molar-refractivity contribution < 1.29 is 57.1 Å². The van der Waals surface area contributed by atoms with Crippen LogP contribution in [-0.2, 0) is 49.2 Å². The minimum Gasteiger partial charge on any atom is -0.493 e. The fraction of sp³-hybridized carbons (Fsp3) is 0.744. The lowest BCUT2D eigenvalue weighted by Gasteiger charge is -2.33. The molecule has 3 amide bonds. The van der Waals surface area contributed by atoms with Gasteiger partial charge < -0.3 is 48.9 Å². The van der Waals surface area contributed by atoms with E-state index in [0.29, 0.717) is 44.0 Å². The van der Waals surface area contributed by atoms with Gasteiger partial charge in [0.15, 0.2) is 11.5 Å². The molecule has 0 radical (unpaired) electrons. The summed E-state index contributed by atoms with van der Waals surface area (Å²) in [5, 5.41) is 2.92. The molecule has 4 atom stereocenters. The number of carbonyl (C=O) groups is 4. The van der Waals surface area contributed by atoms with E-state index in [9.17, 15) is 19.2 Å². The SMILES string of the molecule is COCCCOc1cc(C[C@@H](C[C@H]2[C@H](C[C@H](C(=O)NCC(C)(C)C(N)=O)C(C)C)OCN2C(=O)OCCOC(=O)C2COCOC2)C(C)C)ccc1OC. The highest BCUT2D eigenvalue weighted by Gasteiger charge is 2.43. The molecular formula is C39H63N3O12. The van der Waals surface area contributed by atoms with Crippen molar-refractivity contribution in [1.82, 2.24) is 10.2 Å². The maximum absolute atomic E-state index is 13.6. The van der Waals surface area contributed by atoms with Gasteiger partial charge in [0.2, 0.25) is 11.8 Å². The molecule has 0 unspecified atom stereocenters. The van der Waals surface area contributed by atoms with Crippen LogP contribution in [0.4, 0.5) is 4.79 Å². The van der Waals surface area contributed by atoms with Crippen LogP contribution in [0, 0.1) is 35.0 Å². The van der Waals surface area contributed by atoms with Crippen LogP contribution in [0.25, 0.3) is 0 Å². The van der Waals surface area contributed by atoms with Crippen LogP contribution in [0.2, 0.25) is 0 Å². The topological polar surface area (TPSA) is 183 Å². The highest BCUT2D eigenvalue weighted by atomic mass is 16.7. The number of nitrogens with two attached hydrogens (primary N) is 1. The highest BCUT2D eigenvalue weighted by Crippen LogP contribution is 2.36. The molecule has 15 heteroatoms. The van der Waals surface area contributed by atoms with Crippen LogP contribution in [0.1, 0.15) is 66.4 Å². The highest BCUT2D eigenvalue weighted by molar-refractivity contribution is 5.83. The molecule has 0 aromatic heterocycles. The third-order valence-electron chi connectivity index (χ3n) is 10.1. The van der Waals surface area contributed by atoms with Gasteiger partial charge in [0.05, 0.1) is 44.5 Å². The van der Waals surface area contributed by atoms with Gasteiger partial charge in [-0.1, -0.05) is 33.8 Å². The average Bonchev–Trinajstić information content (AvgIpc) is 3.54. The molecule has 3 rings (SSSR count). The minimum atomic E-state index is -0.919. The quantitative estimate of drug-likeness (QED) is 0.128. The predicted molar refractivity (Wildman–Crippen MR) is 198 cm³/mol. The van der Waals surface area contributed by atoms with Crippen molar-refractivity contribution in [3.05, 3.63) is 23.8 Å². The first-order chi connectivity index (χ1) is 25.7. The first-order valence-corrected chi connectivity index (χ1v) is 18.9. The molecule has 0 bridgehead atoms. The van der Waals surface area contributed by atoms with Crippen LogP contribution >= 0.6 is 0 Å². The largest absolute Gasteiger partial charge is 0.493 e. The summed E-state index contributed by atoms with van der Waals surface area (Å²) in [4.78, 5) is 53.1. The summed E-state index contributed by atoms with van der Waals surface area (Å²) in [6.07, 6.45) is 1.23. The van der Waals surface area contributed by atoms with Gasteiger partial charge in [0, 0.05) is 32.6 Å². The van der Waals surface area contributed by atoms with Gasteiger partial charge in [-0.05, 0) is 68.6 Å². The Labute approximate surface area is 320 Å². The molecule has 2 fully saturated rings. The van der Waals surface area contributed by atoms with Crippen molar-refractivity contribution in [1.29, 1.82) is 0 Å². The van der Waals surface area contributed by atoms with E-state index >= 15 is 0 Å². The summed E-state index contributed by atoms with van der Waals surface area (Å²) in [7, 11) is 3.26. The van der Waals surface area contributed by atoms with E-state index in [1.807, 2.05) is 32.0 Å². The number of primary amides is 1. The minimum absolute atomic E-state index is 0.0291. The number of hydrogen-bond donors (Lipinski definition) is 2. The molecule has 2 aliphatic rings. The lowest BCUT2D eigenvalue weighted by Crippen LogP contribution is -2.47. The second kappa shape index (κ2) is 22.0. The van der Waals surface area contributed by atoms with Crippen LogP contribution in [0.3, 0.4) is 0 Å². The van der Waals surface area contributed by atoms with Crippen molar-refractivity contribution in [2.75, 3.05) is 73.9 Å². The lowest BCUT2D eigenvalue weighted by molar-refractivity contribution is -0.172. The van der Waals surface area contributed by atoms with Crippen LogP contribution in [-0.4, -0.2) is 115 Å². The molecule has 0 saturated carbocycles. The second-order valence-corrected chi connectivity index (χ2v) is 15.4. The van der Waals surface area contributed by atoms with Gasteiger partial charge in [-0.25, -0.2) is 4.79 Å². The number of ether oxygens (including phenoxy) is 8. The fourth-order valence-corrected chi connectivity index (χ4v) is 6.38. The Morgan fingerprint density at radius 2 is 1.65 bits per heavy atom. The van der Waals surface area contributed by atoms with Crippen molar-refractivity contribution in [2.45, 2.75) is 79.4 Å². The van der Waals surface area contributed by atoms with Crippen molar-refractivity contribution >= 4 is 23.9 Å². The number of methoxy groups -OCH3 is 2. The molecule has 0 aliphatic carbocycles. The van der Waals surface area contributed by atoms with Gasteiger partial charge in [-0.2, -0.15) is 0 Å². The zero-order valence-corrected chi connectivity index (χ0v) is 33.4. The van der Waals surface area contributed by atoms with E-state index in [2.05, 4.69) is 19.2 Å². The molecule has 54 heavy (non-hydrogen) atoms. The van der Waals surface area contributed by atoms with Crippen molar-refractivity contribution in [2.24, 2.45) is 40.7 Å². The van der Waals surface area contributed by atoms with Gasteiger partial charge in [-0.15, -0.1) is 0 Å². The summed E-state index contributed by atoms with van der Waals surface area (Å²) >= 11 is 0. The zero-order valence-electron chi connectivity index (χ0n) is 33.4. The van der Waals surface area contributed by atoms with Gasteiger partial charge in [0.25, 0.3) is 0 Å². The molecule has 2 heterocycles. The fourth-order valence-electron chi connectivity index (χ4n) is 6.38. The van der Waals surface area contributed by atoms with E-state index in [-0.39, 0.29) is 70.2 Å². The standard InChI is InChI=1S/C39H63N3O12/c1-25(2)28(16-27-10-11-32(48-8)34(17-27)51-13-9-12-47-7)18-31-33(19-30(26(3)4)35(43)41-22-39(5,6)37(40)45)54-23-42(31)38(46)53-15-14-52-36(44)29-20-49-24-50-21-29/h10-11,17,25-26,28-31,33H,9,12-16,18-24H2,1-8H3,(H2,40,45)(H,41,43)/t28-,30-,31-,33-/m0/s1. The summed E-state index contributed by atoms with van der Waals surface area (Å²) in [6.45, 7) is 13.0. The van der Waals surface area contributed by atoms with Gasteiger partial charge in [-0.3, -0.25) is 19.3 Å². The normalized spacial score (nSPS) is 19.0. The molecular weight excluding hydrogens is 702 g/mol. The molecule has 1 aromatic carbocycles. The summed E-state index contributed by atoms with van der Waals surface area (Å²) < 4.78 is 44.3. The van der Waals surface area contributed by atoms with E-state index < -0.39 is 47.4 Å². The first-order valence-electron chi connectivity index (χ1n) is 18.9. The number of esters is 1. The Hall–Kier alpha value is -3.66. The maximum atomic E-state index is 13.6. The number of hydrogen-bond acceptors (Lipinski definition) is 12. The van der Waals surface area contributed by atoms with Gasteiger partial charge in [0.1, 0.15) is 32.7 Å². The smallest absolute Gasteiger partial charge is 0.412 e. The number of nitrogens with zero attached hydrogens (tertiary/aromatic N) is 1. The number of benzene rings is 1. The van der Waals surface area contributed by atoms with Crippen LogP contribution < -0.4 is 20.5 Å². The van der Waals surface area contributed by atoms with E-state index in [1.54, 1.807) is 33.0 Å². The number of amides is 3. The van der Waals surface area contributed by atoms with Crippen LogP contribution in [0.15, 0.2) is 18.2 Å². The lowest BCUT2D eigenvalue weighted by atomic mass is 9.80. The molecule has 306 valence electrons. The maximum Gasteiger partial charge on any atom is 0.412 e. The number of nitrogens with one attached hydrogen (secondary N) is 1. The summed E-state index contributed by atoms with van der Waals surface area (Å²) in [6, 6.07) is 5.48. The average molecular weight is 766 g/mol. The third-order valence-corrected chi connectivity index (χ3v) is 10.1. The van der Waals surface area contributed by atoms with Crippen molar-refractivity contribution in [3.63, 3.8) is 0 Å². The Kier molecular flexibility index (Phi) is 18.3. The second-order valence-electron chi connectivity index (χ2n) is 15.4. The molecule has 0 spiro atoms. The Morgan fingerprint density at radius 3 is 2.28 bits per heavy atom. The Balaban J connectivity index is 1.79. The van der Waals surface area contributed by atoms with E-state index in [0.717, 1.165) is 12.0 Å². The van der Waals surface area contributed by atoms with E-state index in [4.69, 9.17) is 43.6 Å². The number of rotatable bonds is 22. The molecule has 2 aliphatic heterocycles. The first kappa shape index (κ1) is 44.7. The molecule has 1 aromatic rings. The predicted octanol–water partition coefficient (Wildman–Crippen LogP) is 3.93. The molecule has 2 saturated heterocycles. The molecule has 15 nitrogen and oxygen atoms in total. The number of carbonyl (C=O) groups excluding carboxylic acids is 4. The Morgan fingerprint density at radius 1 is 0.944 bits per heavy atom. The summed E-state index contributed by atoms with van der Waals surface area (Å²) in [5.74, 6) is -0.680. The van der Waals surface area contributed by atoms with Crippen molar-refractivity contribution in [3.8, 4) is 11.5 Å². The third kappa shape index (κ3) is 13.6. The molecule has 3 N–H and O–H groups in total. The van der Waals surface area contributed by atoms with Crippen LogP contribution in [0.5, 0.6) is 11.5 Å². The van der Waals surface area contributed by atoms with E-state index in [1.165, 1.54) is 0 Å².